The van der Waals surface area contributed by atoms with Gasteiger partial charge in [-0.1, -0.05) is 19.8 Å². The first-order chi connectivity index (χ1) is 6.76. The third kappa shape index (κ3) is 5.32. The van der Waals surface area contributed by atoms with Crippen LogP contribution < -0.4 is 0 Å². The first-order valence-corrected chi connectivity index (χ1v) is 5.05. The second kappa shape index (κ2) is 8.26. The molecule has 3 nitrogen and oxygen atoms in total. The molecular weight excluding hydrogens is 176 g/mol. The van der Waals surface area contributed by atoms with Crippen molar-refractivity contribution in [3.63, 3.8) is 0 Å². The van der Waals surface area contributed by atoms with Crippen LogP contribution in [0.3, 0.4) is 0 Å². The summed E-state index contributed by atoms with van der Waals surface area (Å²) >= 11 is 0. The molecule has 0 fully saturated rings. The van der Waals surface area contributed by atoms with Crippen molar-refractivity contribution in [2.24, 2.45) is 5.92 Å². The number of unbranched alkanes of at least 4 members (excludes halogenated alkanes) is 3. The zero-order valence-corrected chi connectivity index (χ0v) is 8.62. The summed E-state index contributed by atoms with van der Waals surface area (Å²) in [6, 6.07) is 4.10. The van der Waals surface area contributed by atoms with Crippen LogP contribution in [0.1, 0.15) is 45.4 Å². The Kier molecular flexibility index (Phi) is 7.46. The van der Waals surface area contributed by atoms with Gasteiger partial charge in [-0.2, -0.15) is 10.5 Å². The lowest BCUT2D eigenvalue weighted by Crippen LogP contribution is -2.10. The number of carbonyl (C=O) groups is 1. The van der Waals surface area contributed by atoms with Crippen LogP contribution in [-0.4, -0.2) is 5.78 Å². The number of nitriles is 2. The predicted molar refractivity (Wildman–Crippen MR) is 53.1 cm³/mol. The molecule has 0 saturated carbocycles. The molecule has 0 bridgehead atoms. The zero-order valence-electron chi connectivity index (χ0n) is 8.62. The van der Waals surface area contributed by atoms with E-state index < -0.39 is 5.92 Å². The van der Waals surface area contributed by atoms with Crippen molar-refractivity contribution in [3.05, 3.63) is 0 Å². The molecule has 0 spiro atoms. The fourth-order valence-electron chi connectivity index (χ4n) is 1.27. The number of carbonyl (C=O) groups excluding carboxylic acids is 1. The number of nitrogens with zero attached hydrogens (tertiary/aromatic N) is 2. The van der Waals surface area contributed by atoms with Gasteiger partial charge in [0.05, 0.1) is 12.1 Å². The average Bonchev–Trinajstić information content (AvgIpc) is 2.22. The molecule has 14 heavy (non-hydrogen) atoms. The Balaban J connectivity index is 3.61. The van der Waals surface area contributed by atoms with Gasteiger partial charge in [-0.05, 0) is 12.8 Å². The van der Waals surface area contributed by atoms with E-state index in [2.05, 4.69) is 6.07 Å². The van der Waals surface area contributed by atoms with Crippen molar-refractivity contribution in [1.82, 2.24) is 0 Å². The molecule has 0 aromatic rings. The van der Waals surface area contributed by atoms with E-state index in [4.69, 9.17) is 10.5 Å². The van der Waals surface area contributed by atoms with E-state index in [1.54, 1.807) is 6.92 Å². The van der Waals surface area contributed by atoms with Crippen molar-refractivity contribution in [3.8, 4) is 12.1 Å². The predicted octanol–water partition coefficient (Wildman–Crippen LogP) is 2.58. The molecule has 1 atom stereocenters. The van der Waals surface area contributed by atoms with Crippen molar-refractivity contribution in [1.29, 1.82) is 10.5 Å². The fraction of sp³-hybridized carbons (Fsp3) is 0.727. The molecule has 0 rings (SSSR count). The van der Waals surface area contributed by atoms with E-state index in [1.807, 2.05) is 6.07 Å². The third-order valence-electron chi connectivity index (χ3n) is 2.17. The van der Waals surface area contributed by atoms with Crippen LogP contribution in [0.25, 0.3) is 0 Å². The SMILES string of the molecule is CCC(=O)C(C#N)CCCCCC#N. The normalized spacial score (nSPS) is 11.4. The Labute approximate surface area is 85.3 Å². The highest BCUT2D eigenvalue weighted by atomic mass is 16.1. The minimum atomic E-state index is -0.429. The largest absolute Gasteiger partial charge is 0.298 e. The Morgan fingerprint density at radius 1 is 1.29 bits per heavy atom. The molecule has 0 N–H and O–H groups in total. The maximum Gasteiger partial charge on any atom is 0.149 e. The first-order valence-electron chi connectivity index (χ1n) is 5.05. The lowest BCUT2D eigenvalue weighted by Gasteiger charge is -2.05. The van der Waals surface area contributed by atoms with Crippen molar-refractivity contribution >= 4 is 5.78 Å². The van der Waals surface area contributed by atoms with Gasteiger partial charge in [0.1, 0.15) is 11.7 Å². The van der Waals surface area contributed by atoms with Crippen molar-refractivity contribution in [2.45, 2.75) is 45.4 Å². The second-order valence-corrected chi connectivity index (χ2v) is 3.26. The molecule has 0 aromatic carbocycles. The van der Waals surface area contributed by atoms with Crippen molar-refractivity contribution < 1.29 is 4.79 Å². The first kappa shape index (κ1) is 12.7. The number of rotatable bonds is 7. The van der Waals surface area contributed by atoms with E-state index >= 15 is 0 Å². The molecule has 0 heterocycles. The lowest BCUT2D eigenvalue weighted by molar-refractivity contribution is -0.121. The van der Waals surface area contributed by atoms with Crippen LogP contribution >= 0.6 is 0 Å². The molecule has 0 saturated heterocycles. The van der Waals surface area contributed by atoms with Crippen LogP contribution in [0.4, 0.5) is 0 Å². The Hall–Kier alpha value is -1.35. The minimum Gasteiger partial charge on any atom is -0.298 e. The number of Topliss-reactive ketones (excluding diaryl/α,β-unsaturated/α-hetero) is 1. The summed E-state index contributed by atoms with van der Waals surface area (Å²) in [5.41, 5.74) is 0. The van der Waals surface area contributed by atoms with Crippen LogP contribution in [0, 0.1) is 28.6 Å². The second-order valence-electron chi connectivity index (χ2n) is 3.26. The summed E-state index contributed by atoms with van der Waals surface area (Å²) in [4.78, 5) is 11.2. The zero-order chi connectivity index (χ0) is 10.8. The standard InChI is InChI=1S/C11H16N2O/c1-2-11(14)10(9-13)7-5-3-4-6-8-12/h10H,2-7H2,1H3. The molecule has 0 aromatic heterocycles. The monoisotopic (exact) mass is 192 g/mol. The summed E-state index contributed by atoms with van der Waals surface area (Å²) in [6.07, 6.45) is 4.33. The van der Waals surface area contributed by atoms with Gasteiger partial charge in [0.25, 0.3) is 0 Å². The highest BCUT2D eigenvalue weighted by Gasteiger charge is 2.14. The molecule has 0 aliphatic carbocycles. The molecule has 3 heteroatoms. The Morgan fingerprint density at radius 2 is 2.00 bits per heavy atom. The molecule has 76 valence electrons. The van der Waals surface area contributed by atoms with E-state index in [0.717, 1.165) is 19.3 Å². The quantitative estimate of drug-likeness (QED) is 0.582. The lowest BCUT2D eigenvalue weighted by atomic mass is 9.96. The van der Waals surface area contributed by atoms with E-state index in [9.17, 15) is 4.79 Å². The molecule has 1 unspecified atom stereocenters. The smallest absolute Gasteiger partial charge is 0.149 e. The van der Waals surface area contributed by atoms with Gasteiger partial charge in [-0.15, -0.1) is 0 Å². The van der Waals surface area contributed by atoms with Gasteiger partial charge < -0.3 is 0 Å². The highest BCUT2D eigenvalue weighted by molar-refractivity contribution is 5.82. The summed E-state index contributed by atoms with van der Waals surface area (Å²) in [5, 5.41) is 17.0. The van der Waals surface area contributed by atoms with Gasteiger partial charge in [0.2, 0.25) is 0 Å². The van der Waals surface area contributed by atoms with Gasteiger partial charge in [-0.25, -0.2) is 0 Å². The minimum absolute atomic E-state index is 0.0350. The van der Waals surface area contributed by atoms with Crippen LogP contribution in [0.2, 0.25) is 0 Å². The maximum atomic E-state index is 11.2. The fourth-order valence-corrected chi connectivity index (χ4v) is 1.27. The van der Waals surface area contributed by atoms with Crippen LogP contribution in [-0.2, 0) is 4.79 Å². The van der Waals surface area contributed by atoms with Gasteiger partial charge in [0.15, 0.2) is 0 Å². The number of hydrogen-bond donors (Lipinski definition) is 0. The highest BCUT2D eigenvalue weighted by Crippen LogP contribution is 2.12. The van der Waals surface area contributed by atoms with Gasteiger partial charge >= 0.3 is 0 Å². The van der Waals surface area contributed by atoms with E-state index in [-0.39, 0.29) is 5.78 Å². The molecule has 0 aliphatic heterocycles. The maximum absolute atomic E-state index is 11.2. The Morgan fingerprint density at radius 3 is 2.50 bits per heavy atom. The summed E-state index contributed by atoms with van der Waals surface area (Å²) < 4.78 is 0. The summed E-state index contributed by atoms with van der Waals surface area (Å²) in [6.45, 7) is 1.78. The van der Waals surface area contributed by atoms with Gasteiger partial charge in [0, 0.05) is 12.8 Å². The van der Waals surface area contributed by atoms with Gasteiger partial charge in [-0.3, -0.25) is 4.79 Å². The molecule has 0 aliphatic rings. The number of hydrogen-bond acceptors (Lipinski definition) is 3. The number of ketones is 1. The molecule has 0 amide bonds. The van der Waals surface area contributed by atoms with Crippen LogP contribution in [0.5, 0.6) is 0 Å². The third-order valence-corrected chi connectivity index (χ3v) is 2.17. The van der Waals surface area contributed by atoms with E-state index in [0.29, 0.717) is 19.3 Å². The van der Waals surface area contributed by atoms with Crippen molar-refractivity contribution in [2.75, 3.05) is 0 Å². The summed E-state index contributed by atoms with van der Waals surface area (Å²) in [7, 11) is 0. The molecular formula is C11H16N2O. The Bertz CT molecular complexity index is 247. The average molecular weight is 192 g/mol. The van der Waals surface area contributed by atoms with Crippen LogP contribution in [0.15, 0.2) is 0 Å². The summed E-state index contributed by atoms with van der Waals surface area (Å²) in [5.74, 6) is -0.394. The molecule has 0 radical (unpaired) electrons. The topological polar surface area (TPSA) is 64.7 Å². The van der Waals surface area contributed by atoms with E-state index in [1.165, 1.54) is 0 Å².